The highest BCUT2D eigenvalue weighted by atomic mass is 32.2. The molecular weight excluding hydrogens is 390 g/mol. The number of carbonyl (C=O) groups excluding carboxylic acids is 2. The molecule has 1 aromatic rings. The maximum absolute atomic E-state index is 12.5. The number of nitrogens with one attached hydrogen (secondary N) is 2. The lowest BCUT2D eigenvalue weighted by atomic mass is 10.3. The van der Waals surface area contributed by atoms with Gasteiger partial charge >= 0.3 is 5.97 Å². The normalized spacial score (nSPS) is 14.9. The minimum absolute atomic E-state index is 0.0173. The maximum Gasteiger partial charge on any atom is 0.330 e. The molecule has 10 heteroatoms. The molecule has 146 valence electrons. The fourth-order valence-corrected chi connectivity index (χ4v) is 4.17. The van der Waals surface area contributed by atoms with Gasteiger partial charge in [0.05, 0.1) is 11.5 Å². The second-order valence-corrected chi connectivity index (χ2v) is 8.01. The van der Waals surface area contributed by atoms with Crippen molar-refractivity contribution in [3.8, 4) is 0 Å². The molecule has 0 bridgehead atoms. The highest BCUT2D eigenvalue weighted by molar-refractivity contribution is 7.89. The van der Waals surface area contributed by atoms with Gasteiger partial charge in [-0.05, 0) is 56.2 Å². The van der Waals surface area contributed by atoms with Crippen molar-refractivity contribution in [2.75, 3.05) is 25.0 Å². The molecule has 0 atom stereocenters. The molecule has 1 aromatic carbocycles. The van der Waals surface area contributed by atoms with Gasteiger partial charge in [0, 0.05) is 30.9 Å². The molecule has 0 saturated carbocycles. The first kappa shape index (κ1) is 21.0. The Bertz CT molecular complexity index is 829. The van der Waals surface area contributed by atoms with Crippen molar-refractivity contribution in [3.05, 3.63) is 36.4 Å². The summed E-state index contributed by atoms with van der Waals surface area (Å²) in [5.74, 6) is -1.21. The summed E-state index contributed by atoms with van der Waals surface area (Å²) in [5, 5.41) is 5.17. The van der Waals surface area contributed by atoms with E-state index in [1.54, 1.807) is 19.1 Å². The number of hydrogen-bond donors (Lipinski definition) is 2. The first-order chi connectivity index (χ1) is 12.8. The van der Waals surface area contributed by atoms with Crippen LogP contribution in [-0.4, -0.2) is 49.4 Å². The Balaban J connectivity index is 1.91. The van der Waals surface area contributed by atoms with Crippen LogP contribution in [0.1, 0.15) is 19.8 Å². The van der Waals surface area contributed by atoms with Gasteiger partial charge in [-0.2, -0.15) is 4.31 Å². The van der Waals surface area contributed by atoms with E-state index in [-0.39, 0.29) is 16.6 Å². The number of nitrogens with zero attached hydrogens (tertiary/aromatic N) is 1. The van der Waals surface area contributed by atoms with E-state index in [1.165, 1.54) is 16.4 Å². The van der Waals surface area contributed by atoms with Crippen LogP contribution in [-0.2, 0) is 24.3 Å². The predicted octanol–water partition coefficient (Wildman–Crippen LogP) is 1.40. The zero-order valence-corrected chi connectivity index (χ0v) is 16.4. The average molecular weight is 412 g/mol. The zero-order valence-electron chi connectivity index (χ0n) is 14.8. The summed E-state index contributed by atoms with van der Waals surface area (Å²) in [7, 11) is -3.47. The van der Waals surface area contributed by atoms with Crippen LogP contribution in [0, 0.1) is 0 Å². The fraction of sp³-hybridized carbons (Fsp3) is 0.353. The van der Waals surface area contributed by atoms with Crippen molar-refractivity contribution in [2.45, 2.75) is 24.7 Å². The first-order valence-corrected chi connectivity index (χ1v) is 10.2. The number of amides is 1. The number of sulfonamides is 1. The Kier molecular flexibility index (Phi) is 7.45. The number of anilines is 1. The van der Waals surface area contributed by atoms with E-state index in [2.05, 4.69) is 15.4 Å². The third kappa shape index (κ3) is 6.12. The van der Waals surface area contributed by atoms with E-state index < -0.39 is 21.9 Å². The summed E-state index contributed by atoms with van der Waals surface area (Å²) in [4.78, 5) is 23.0. The van der Waals surface area contributed by atoms with Crippen LogP contribution >= 0.6 is 12.2 Å². The minimum Gasteiger partial charge on any atom is -0.463 e. The lowest BCUT2D eigenvalue weighted by molar-refractivity contribution is -0.137. The summed E-state index contributed by atoms with van der Waals surface area (Å²) in [6.45, 7) is 2.95. The van der Waals surface area contributed by atoms with Gasteiger partial charge in [-0.15, -0.1) is 0 Å². The van der Waals surface area contributed by atoms with E-state index in [4.69, 9.17) is 12.2 Å². The molecule has 8 nitrogen and oxygen atoms in total. The molecule has 0 spiro atoms. The Hall–Kier alpha value is -2.30. The maximum atomic E-state index is 12.5. The molecule has 1 amide bonds. The molecule has 0 aliphatic carbocycles. The van der Waals surface area contributed by atoms with Gasteiger partial charge in [-0.1, -0.05) is 0 Å². The topological polar surface area (TPSA) is 105 Å². The van der Waals surface area contributed by atoms with Crippen LogP contribution < -0.4 is 10.6 Å². The minimum atomic E-state index is -3.47. The number of esters is 1. The second-order valence-electron chi connectivity index (χ2n) is 5.66. The molecule has 27 heavy (non-hydrogen) atoms. The van der Waals surface area contributed by atoms with E-state index in [9.17, 15) is 18.0 Å². The molecule has 2 N–H and O–H groups in total. The number of ether oxygens (including phenoxy) is 1. The smallest absolute Gasteiger partial charge is 0.330 e. The highest BCUT2D eigenvalue weighted by Gasteiger charge is 2.26. The van der Waals surface area contributed by atoms with Crippen LogP contribution in [0.5, 0.6) is 0 Å². The Morgan fingerprint density at radius 3 is 2.41 bits per heavy atom. The second kappa shape index (κ2) is 9.58. The van der Waals surface area contributed by atoms with Gasteiger partial charge in [0.25, 0.3) is 0 Å². The van der Waals surface area contributed by atoms with Gasteiger partial charge in [-0.25, -0.2) is 13.2 Å². The van der Waals surface area contributed by atoms with Gasteiger partial charge in [-0.3, -0.25) is 10.1 Å². The summed E-state index contributed by atoms with van der Waals surface area (Å²) >= 11 is 5.02. The van der Waals surface area contributed by atoms with E-state index in [1.807, 2.05) is 0 Å². The molecule has 1 saturated heterocycles. The van der Waals surface area contributed by atoms with Gasteiger partial charge in [0.1, 0.15) is 0 Å². The molecule has 1 heterocycles. The molecule has 1 aliphatic heterocycles. The first-order valence-electron chi connectivity index (χ1n) is 8.40. The van der Waals surface area contributed by atoms with Gasteiger partial charge < -0.3 is 10.1 Å². The summed E-state index contributed by atoms with van der Waals surface area (Å²) < 4.78 is 31.1. The standard InChI is InChI=1S/C17H21N3O5S2/c1-2-25-16(22)10-9-15(21)19-17(26)18-13-5-7-14(8-6-13)27(23,24)20-11-3-4-12-20/h5-10H,2-4,11-12H2,1H3,(H2,18,19,21,26)/b10-9+. The van der Waals surface area contributed by atoms with Crippen LogP contribution in [0.2, 0.25) is 0 Å². The summed E-state index contributed by atoms with van der Waals surface area (Å²) in [5.41, 5.74) is 0.523. The quantitative estimate of drug-likeness (QED) is 0.414. The van der Waals surface area contributed by atoms with Crippen molar-refractivity contribution in [2.24, 2.45) is 0 Å². The molecule has 2 rings (SSSR count). The van der Waals surface area contributed by atoms with Crippen LogP contribution in [0.15, 0.2) is 41.3 Å². The third-order valence-corrected chi connectivity index (χ3v) is 5.83. The van der Waals surface area contributed by atoms with Crippen molar-refractivity contribution in [1.82, 2.24) is 9.62 Å². The number of rotatable bonds is 6. The lowest BCUT2D eigenvalue weighted by Gasteiger charge is -2.16. The van der Waals surface area contributed by atoms with E-state index >= 15 is 0 Å². The van der Waals surface area contributed by atoms with Crippen molar-refractivity contribution in [3.63, 3.8) is 0 Å². The van der Waals surface area contributed by atoms with Crippen molar-refractivity contribution >= 4 is 44.9 Å². The zero-order chi connectivity index (χ0) is 19.9. The molecule has 0 unspecified atom stereocenters. The average Bonchev–Trinajstić information content (AvgIpc) is 3.16. The van der Waals surface area contributed by atoms with Crippen LogP contribution in [0.4, 0.5) is 5.69 Å². The molecule has 1 fully saturated rings. The Morgan fingerprint density at radius 1 is 1.19 bits per heavy atom. The van der Waals surface area contributed by atoms with E-state index in [0.29, 0.717) is 18.8 Å². The highest BCUT2D eigenvalue weighted by Crippen LogP contribution is 2.22. The predicted molar refractivity (Wildman–Crippen MR) is 105 cm³/mol. The van der Waals surface area contributed by atoms with E-state index in [0.717, 1.165) is 25.0 Å². The Morgan fingerprint density at radius 2 is 1.81 bits per heavy atom. The SMILES string of the molecule is CCOC(=O)/C=C/C(=O)NC(=S)Nc1ccc(S(=O)(=O)N2CCCC2)cc1. The van der Waals surface area contributed by atoms with Crippen molar-refractivity contribution < 1.29 is 22.7 Å². The fourth-order valence-electron chi connectivity index (χ4n) is 2.44. The largest absolute Gasteiger partial charge is 0.463 e. The Labute approximate surface area is 163 Å². The number of thiocarbonyl (C=S) groups is 1. The van der Waals surface area contributed by atoms with Crippen LogP contribution in [0.25, 0.3) is 0 Å². The third-order valence-electron chi connectivity index (χ3n) is 3.71. The van der Waals surface area contributed by atoms with Crippen LogP contribution in [0.3, 0.4) is 0 Å². The van der Waals surface area contributed by atoms with Gasteiger partial charge in [0.2, 0.25) is 15.9 Å². The summed E-state index contributed by atoms with van der Waals surface area (Å²) in [6.07, 6.45) is 3.76. The van der Waals surface area contributed by atoms with Crippen molar-refractivity contribution in [1.29, 1.82) is 0 Å². The lowest BCUT2D eigenvalue weighted by Crippen LogP contribution is -2.33. The number of benzene rings is 1. The number of hydrogen-bond acceptors (Lipinski definition) is 6. The summed E-state index contributed by atoms with van der Waals surface area (Å²) in [6, 6.07) is 6.11. The van der Waals surface area contributed by atoms with Gasteiger partial charge in [0.15, 0.2) is 5.11 Å². The molecule has 1 aliphatic rings. The number of carbonyl (C=O) groups is 2. The molecular formula is C17H21N3O5S2. The molecule has 0 radical (unpaired) electrons. The monoisotopic (exact) mass is 411 g/mol. The molecule has 0 aromatic heterocycles.